The van der Waals surface area contributed by atoms with Crippen molar-refractivity contribution in [1.29, 1.82) is 0 Å². The fourth-order valence-electron chi connectivity index (χ4n) is 4.11. The maximum Gasteiger partial charge on any atom is 0.261 e. The molecule has 0 radical (unpaired) electrons. The number of amides is 1. The summed E-state index contributed by atoms with van der Waals surface area (Å²) < 4.78 is 43.1. The monoisotopic (exact) mass is 614 g/mol. The van der Waals surface area contributed by atoms with Crippen LogP contribution in [-0.2, 0) is 10.1 Å². The average Bonchev–Trinajstić information content (AvgIpc) is 2.97. The third-order valence-electron chi connectivity index (χ3n) is 6.07. The van der Waals surface area contributed by atoms with E-state index in [-0.39, 0.29) is 16.8 Å². The molecule has 3 aromatic carbocycles. The third kappa shape index (κ3) is 10.8. The zero-order valence-corrected chi connectivity index (χ0v) is 25.2. The molecule has 11 nitrogen and oxygen atoms in total. The molecule has 4 aromatic rings. The molecule has 0 atom stereocenters. The summed E-state index contributed by atoms with van der Waals surface area (Å²) in [5.41, 5.74) is 1.86. The Labute approximate surface area is 250 Å². The van der Waals surface area contributed by atoms with Crippen molar-refractivity contribution in [1.82, 2.24) is 10.6 Å². The molecule has 232 valence electrons. The molecule has 0 bridgehead atoms. The summed E-state index contributed by atoms with van der Waals surface area (Å²) in [6.45, 7) is 4.40. The molecule has 4 rings (SSSR count). The zero-order chi connectivity index (χ0) is 30.5. The Balaban J connectivity index is 0.000000993. The van der Waals surface area contributed by atoms with Crippen molar-refractivity contribution in [3.8, 4) is 22.8 Å². The van der Waals surface area contributed by atoms with Crippen LogP contribution in [0.15, 0.2) is 82.0 Å². The number of rotatable bonds is 12. The molecule has 0 aliphatic carbocycles. The minimum atomic E-state index is -3.67. The Morgan fingerprint density at radius 2 is 1.53 bits per heavy atom. The standard InChI is InChI=1S/C30H32N2O5.CH4O3S.H2O/c1-21-27(33)23-13-8-14-24(29(23)37-28(21)22-11-4-3-5-12-22)30(34)32-19-9-17-31-18-10-20-36-26-16-7-6-15-25(26)35-2;1-5(2,3)4;/h3-8,11-16,31H,9-10,17-20H2,1-2H3,(H,32,34);1H3,(H,2,3,4);1H2. The Bertz CT molecular complexity index is 1630. The molecule has 5 N–H and O–H groups in total. The van der Waals surface area contributed by atoms with Gasteiger partial charge in [-0.15, -0.1) is 0 Å². The van der Waals surface area contributed by atoms with Crippen LogP contribution in [0.4, 0.5) is 0 Å². The fourth-order valence-corrected chi connectivity index (χ4v) is 4.11. The molecule has 1 heterocycles. The first-order valence-corrected chi connectivity index (χ1v) is 15.2. The van der Waals surface area contributed by atoms with Gasteiger partial charge in [-0.05, 0) is 57.1 Å². The van der Waals surface area contributed by atoms with Crippen molar-refractivity contribution in [3.63, 3.8) is 0 Å². The maximum absolute atomic E-state index is 13.0. The quantitative estimate of drug-likeness (QED) is 0.159. The second kappa shape index (κ2) is 17.0. The van der Waals surface area contributed by atoms with Crippen LogP contribution in [0.2, 0.25) is 0 Å². The predicted octanol–water partition coefficient (Wildman–Crippen LogP) is 3.63. The molecule has 0 spiro atoms. The van der Waals surface area contributed by atoms with Crippen molar-refractivity contribution in [2.75, 3.05) is 39.6 Å². The van der Waals surface area contributed by atoms with E-state index in [1.54, 1.807) is 32.2 Å². The SMILES string of the molecule is COc1ccccc1OCCCNCCCNC(=O)c1cccc2c(=O)c(C)c(-c3ccccc3)oc12.CS(=O)(=O)O.O. The van der Waals surface area contributed by atoms with E-state index < -0.39 is 10.1 Å². The molecule has 0 saturated carbocycles. The highest BCUT2D eigenvalue weighted by Gasteiger charge is 2.18. The highest BCUT2D eigenvalue weighted by atomic mass is 32.2. The second-order valence-corrected chi connectivity index (χ2v) is 10.8. The summed E-state index contributed by atoms with van der Waals surface area (Å²) in [7, 11) is -2.04. The van der Waals surface area contributed by atoms with Gasteiger partial charge < -0.3 is 30.0 Å². The Morgan fingerprint density at radius 3 is 2.21 bits per heavy atom. The van der Waals surface area contributed by atoms with Gasteiger partial charge in [0.15, 0.2) is 22.5 Å². The summed E-state index contributed by atoms with van der Waals surface area (Å²) in [5, 5.41) is 6.71. The molecule has 12 heteroatoms. The zero-order valence-electron chi connectivity index (χ0n) is 24.4. The number of para-hydroxylation sites is 3. The lowest BCUT2D eigenvalue weighted by atomic mass is 10.0. The Morgan fingerprint density at radius 1 is 0.907 bits per heavy atom. The molecule has 0 unspecified atom stereocenters. The van der Waals surface area contributed by atoms with Crippen LogP contribution in [0, 0.1) is 6.92 Å². The fraction of sp³-hybridized carbons (Fsp3) is 0.290. The first kappa shape index (κ1) is 35.0. The van der Waals surface area contributed by atoms with Gasteiger partial charge in [0.2, 0.25) is 0 Å². The van der Waals surface area contributed by atoms with Crippen LogP contribution in [0.3, 0.4) is 0 Å². The van der Waals surface area contributed by atoms with Crippen LogP contribution in [-0.4, -0.2) is 64.0 Å². The number of ether oxygens (including phenoxy) is 2. The average molecular weight is 615 g/mol. The van der Waals surface area contributed by atoms with Crippen molar-refractivity contribution < 1.29 is 37.1 Å². The Kier molecular flexibility index (Phi) is 13.8. The van der Waals surface area contributed by atoms with E-state index in [9.17, 15) is 18.0 Å². The topological polar surface area (TPSA) is 176 Å². The lowest BCUT2D eigenvalue weighted by Crippen LogP contribution is -2.28. The summed E-state index contributed by atoms with van der Waals surface area (Å²) in [6.07, 6.45) is 2.33. The number of methoxy groups -OCH3 is 1. The van der Waals surface area contributed by atoms with E-state index in [1.165, 1.54) is 0 Å². The van der Waals surface area contributed by atoms with Gasteiger partial charge in [0.05, 0.1) is 30.9 Å². The van der Waals surface area contributed by atoms with Gasteiger partial charge in [0.1, 0.15) is 5.76 Å². The van der Waals surface area contributed by atoms with E-state index in [4.69, 9.17) is 18.4 Å². The summed E-state index contributed by atoms with van der Waals surface area (Å²) in [5.74, 6) is 1.69. The van der Waals surface area contributed by atoms with E-state index >= 15 is 0 Å². The van der Waals surface area contributed by atoms with Crippen LogP contribution < -0.4 is 25.5 Å². The highest BCUT2D eigenvalue weighted by molar-refractivity contribution is 7.85. The summed E-state index contributed by atoms with van der Waals surface area (Å²) >= 11 is 0. The van der Waals surface area contributed by atoms with Gasteiger partial charge in [0, 0.05) is 17.7 Å². The first-order chi connectivity index (χ1) is 20.1. The van der Waals surface area contributed by atoms with E-state index in [0.717, 1.165) is 43.0 Å². The number of hydrogen-bond acceptors (Lipinski definition) is 8. The van der Waals surface area contributed by atoms with Gasteiger partial charge in [-0.3, -0.25) is 14.1 Å². The minimum absolute atomic E-state index is 0. The number of nitrogens with one attached hydrogen (secondary N) is 2. The highest BCUT2D eigenvalue weighted by Crippen LogP contribution is 2.27. The van der Waals surface area contributed by atoms with E-state index in [1.807, 2.05) is 54.6 Å². The van der Waals surface area contributed by atoms with Crippen LogP contribution in [0.25, 0.3) is 22.3 Å². The number of benzene rings is 3. The lowest BCUT2D eigenvalue weighted by Gasteiger charge is -2.11. The van der Waals surface area contributed by atoms with Crippen LogP contribution >= 0.6 is 0 Å². The normalized spacial score (nSPS) is 10.7. The van der Waals surface area contributed by atoms with E-state index in [0.29, 0.717) is 47.3 Å². The number of fused-ring (bicyclic) bond motifs is 1. The van der Waals surface area contributed by atoms with Crippen molar-refractivity contribution in [2.24, 2.45) is 0 Å². The summed E-state index contributed by atoms with van der Waals surface area (Å²) in [4.78, 5) is 25.9. The van der Waals surface area contributed by atoms with Crippen LogP contribution in [0.1, 0.15) is 28.8 Å². The van der Waals surface area contributed by atoms with Crippen molar-refractivity contribution in [3.05, 3.63) is 94.1 Å². The lowest BCUT2D eigenvalue weighted by molar-refractivity contribution is 0.0954. The van der Waals surface area contributed by atoms with Crippen molar-refractivity contribution in [2.45, 2.75) is 19.8 Å². The molecular formula is C31H38N2O9S. The molecule has 1 amide bonds. The van der Waals surface area contributed by atoms with Crippen LogP contribution in [0.5, 0.6) is 11.5 Å². The van der Waals surface area contributed by atoms with Gasteiger partial charge >= 0.3 is 0 Å². The molecular weight excluding hydrogens is 576 g/mol. The Hall–Kier alpha value is -4.23. The smallest absolute Gasteiger partial charge is 0.261 e. The molecule has 43 heavy (non-hydrogen) atoms. The molecule has 0 aliphatic rings. The predicted molar refractivity (Wildman–Crippen MR) is 167 cm³/mol. The van der Waals surface area contributed by atoms with Gasteiger partial charge in [0.25, 0.3) is 16.0 Å². The number of hydrogen-bond donors (Lipinski definition) is 3. The molecule has 0 aliphatic heterocycles. The van der Waals surface area contributed by atoms with Gasteiger partial charge in [-0.1, -0.05) is 48.5 Å². The maximum atomic E-state index is 13.0. The molecule has 0 fully saturated rings. The third-order valence-corrected chi connectivity index (χ3v) is 6.07. The minimum Gasteiger partial charge on any atom is -0.493 e. The number of carbonyl (C=O) groups excluding carboxylic acids is 1. The molecule has 1 aromatic heterocycles. The number of carbonyl (C=O) groups is 1. The van der Waals surface area contributed by atoms with Gasteiger partial charge in [-0.2, -0.15) is 8.42 Å². The van der Waals surface area contributed by atoms with Gasteiger partial charge in [-0.25, -0.2) is 0 Å². The second-order valence-electron chi connectivity index (χ2n) is 9.38. The first-order valence-electron chi connectivity index (χ1n) is 13.4. The molecule has 0 saturated heterocycles. The largest absolute Gasteiger partial charge is 0.493 e. The summed E-state index contributed by atoms with van der Waals surface area (Å²) in [6, 6.07) is 22.1. The van der Waals surface area contributed by atoms with Crippen molar-refractivity contribution >= 4 is 27.0 Å². The van der Waals surface area contributed by atoms with E-state index in [2.05, 4.69) is 10.6 Å².